The molecule has 1 N–H and O–H groups in total. The Morgan fingerprint density at radius 2 is 1.56 bits per heavy atom. The first kappa shape index (κ1) is 25.4. The molecule has 32 heavy (non-hydrogen) atoms. The highest BCUT2D eigenvalue weighted by atomic mass is 32.2. The smallest absolute Gasteiger partial charge is 0.244 e. The number of rotatable bonds is 9. The molecule has 0 aliphatic heterocycles. The Hall–Kier alpha value is -2.87. The van der Waals surface area contributed by atoms with Crippen LogP contribution in [0.2, 0.25) is 0 Å². The van der Waals surface area contributed by atoms with E-state index >= 15 is 0 Å². The third-order valence-corrected chi connectivity index (χ3v) is 6.34. The van der Waals surface area contributed by atoms with Crippen LogP contribution in [0.25, 0.3) is 0 Å². The maximum absolute atomic E-state index is 13.4. The Morgan fingerprint density at radius 1 is 0.969 bits per heavy atom. The fourth-order valence-electron chi connectivity index (χ4n) is 3.28. The Bertz CT molecular complexity index is 1050. The molecule has 1 atom stereocenters. The van der Waals surface area contributed by atoms with Crippen molar-refractivity contribution in [3.63, 3.8) is 0 Å². The zero-order chi connectivity index (χ0) is 24.1. The standard InChI is InChI=1S/C24H33N3O4S/c1-17(2)25-24(29)20(5)26(15-21-10-8-7-9-19(21)4)23(28)16-27(32(6,30)31)22-13-11-18(3)12-14-22/h7-14,17,20H,15-16H2,1-6H3,(H,25,29)/t20-/m1/s1. The minimum Gasteiger partial charge on any atom is -0.352 e. The van der Waals surface area contributed by atoms with Gasteiger partial charge in [0.05, 0.1) is 11.9 Å². The molecule has 0 fully saturated rings. The van der Waals surface area contributed by atoms with E-state index in [9.17, 15) is 18.0 Å². The topological polar surface area (TPSA) is 86.8 Å². The molecule has 2 rings (SSSR count). The number of carbonyl (C=O) groups excluding carboxylic acids is 2. The molecule has 0 heterocycles. The van der Waals surface area contributed by atoms with Crippen LogP contribution in [0.1, 0.15) is 37.5 Å². The molecule has 0 saturated heterocycles. The highest BCUT2D eigenvalue weighted by Crippen LogP contribution is 2.20. The van der Waals surface area contributed by atoms with E-state index in [1.165, 1.54) is 4.90 Å². The summed E-state index contributed by atoms with van der Waals surface area (Å²) in [6.45, 7) is 8.99. The summed E-state index contributed by atoms with van der Waals surface area (Å²) in [6.07, 6.45) is 1.07. The van der Waals surface area contributed by atoms with Gasteiger partial charge in [0.15, 0.2) is 0 Å². The number of amides is 2. The molecule has 8 heteroatoms. The number of nitrogens with zero attached hydrogens (tertiary/aromatic N) is 2. The quantitative estimate of drug-likeness (QED) is 0.625. The van der Waals surface area contributed by atoms with Crippen molar-refractivity contribution in [2.24, 2.45) is 0 Å². The van der Waals surface area contributed by atoms with Gasteiger partial charge in [0.25, 0.3) is 0 Å². The molecule has 174 valence electrons. The lowest BCUT2D eigenvalue weighted by Gasteiger charge is -2.32. The minimum atomic E-state index is -3.72. The normalized spacial score (nSPS) is 12.3. The predicted molar refractivity (Wildman–Crippen MR) is 128 cm³/mol. The number of carbonyl (C=O) groups is 2. The van der Waals surface area contributed by atoms with Gasteiger partial charge in [-0.15, -0.1) is 0 Å². The summed E-state index contributed by atoms with van der Waals surface area (Å²) >= 11 is 0. The van der Waals surface area contributed by atoms with Gasteiger partial charge in [0.2, 0.25) is 21.8 Å². The maximum Gasteiger partial charge on any atom is 0.244 e. The highest BCUT2D eigenvalue weighted by molar-refractivity contribution is 7.92. The van der Waals surface area contributed by atoms with Crippen molar-refractivity contribution in [2.45, 2.75) is 53.2 Å². The Balaban J connectivity index is 2.39. The molecule has 0 radical (unpaired) electrons. The molecule has 0 unspecified atom stereocenters. The number of hydrogen-bond acceptors (Lipinski definition) is 4. The molecular weight excluding hydrogens is 426 g/mol. The summed E-state index contributed by atoms with van der Waals surface area (Å²) in [4.78, 5) is 27.6. The van der Waals surface area contributed by atoms with Crippen LogP contribution in [0.15, 0.2) is 48.5 Å². The molecular formula is C24H33N3O4S. The number of anilines is 1. The molecule has 0 bridgehead atoms. The van der Waals surface area contributed by atoms with Crippen LogP contribution in [0.3, 0.4) is 0 Å². The Labute approximate surface area is 191 Å². The summed E-state index contributed by atoms with van der Waals surface area (Å²) in [5, 5.41) is 2.84. The van der Waals surface area contributed by atoms with E-state index in [0.29, 0.717) is 5.69 Å². The van der Waals surface area contributed by atoms with Gasteiger partial charge in [0.1, 0.15) is 12.6 Å². The van der Waals surface area contributed by atoms with E-state index in [4.69, 9.17) is 0 Å². The summed E-state index contributed by atoms with van der Waals surface area (Å²) in [6, 6.07) is 13.7. The van der Waals surface area contributed by atoms with Crippen molar-refractivity contribution < 1.29 is 18.0 Å². The van der Waals surface area contributed by atoms with Gasteiger partial charge in [0, 0.05) is 12.6 Å². The number of nitrogens with one attached hydrogen (secondary N) is 1. The first-order valence-corrected chi connectivity index (χ1v) is 12.4. The van der Waals surface area contributed by atoms with Gasteiger partial charge in [-0.2, -0.15) is 0 Å². The average molecular weight is 460 g/mol. The summed E-state index contributed by atoms with van der Waals surface area (Å²) in [7, 11) is -3.72. The van der Waals surface area contributed by atoms with E-state index in [0.717, 1.165) is 27.3 Å². The van der Waals surface area contributed by atoms with Gasteiger partial charge in [-0.05, 0) is 57.9 Å². The molecule has 2 amide bonds. The predicted octanol–water partition coefficient (Wildman–Crippen LogP) is 3.01. The fourth-order valence-corrected chi connectivity index (χ4v) is 4.13. The molecule has 7 nitrogen and oxygen atoms in total. The monoisotopic (exact) mass is 459 g/mol. The molecule has 0 spiro atoms. The lowest BCUT2D eigenvalue weighted by atomic mass is 10.1. The van der Waals surface area contributed by atoms with Gasteiger partial charge in [-0.3, -0.25) is 13.9 Å². The second-order valence-electron chi connectivity index (χ2n) is 8.39. The highest BCUT2D eigenvalue weighted by Gasteiger charge is 2.30. The van der Waals surface area contributed by atoms with Crippen molar-refractivity contribution >= 4 is 27.5 Å². The van der Waals surface area contributed by atoms with E-state index in [1.807, 2.05) is 52.0 Å². The van der Waals surface area contributed by atoms with Crippen molar-refractivity contribution in [2.75, 3.05) is 17.1 Å². The van der Waals surface area contributed by atoms with Gasteiger partial charge in [-0.1, -0.05) is 42.0 Å². The van der Waals surface area contributed by atoms with Crippen LogP contribution >= 0.6 is 0 Å². The second kappa shape index (κ2) is 10.6. The van der Waals surface area contributed by atoms with Crippen molar-refractivity contribution in [3.8, 4) is 0 Å². The van der Waals surface area contributed by atoms with Crippen LogP contribution in [0.4, 0.5) is 5.69 Å². The fraction of sp³-hybridized carbons (Fsp3) is 0.417. The molecule has 2 aromatic rings. The Kier molecular flexibility index (Phi) is 8.44. The van der Waals surface area contributed by atoms with Crippen LogP contribution in [-0.2, 0) is 26.2 Å². The largest absolute Gasteiger partial charge is 0.352 e. The zero-order valence-corrected chi connectivity index (χ0v) is 20.4. The number of hydrogen-bond donors (Lipinski definition) is 1. The lowest BCUT2D eigenvalue weighted by Crippen LogP contribution is -2.52. The molecule has 0 saturated carbocycles. The first-order chi connectivity index (χ1) is 14.9. The van der Waals surface area contributed by atoms with Crippen LogP contribution in [0.5, 0.6) is 0 Å². The SMILES string of the molecule is Cc1ccc(N(CC(=O)N(Cc2ccccc2C)[C@H](C)C(=O)NC(C)C)S(C)(=O)=O)cc1. The van der Waals surface area contributed by atoms with Crippen molar-refractivity contribution in [3.05, 3.63) is 65.2 Å². The van der Waals surface area contributed by atoms with Gasteiger partial charge < -0.3 is 10.2 Å². The first-order valence-electron chi connectivity index (χ1n) is 10.6. The van der Waals surface area contributed by atoms with E-state index in [2.05, 4.69) is 5.32 Å². The summed E-state index contributed by atoms with van der Waals surface area (Å²) < 4.78 is 26.1. The van der Waals surface area contributed by atoms with Crippen LogP contribution < -0.4 is 9.62 Å². The number of aryl methyl sites for hydroxylation is 2. The van der Waals surface area contributed by atoms with Crippen molar-refractivity contribution in [1.29, 1.82) is 0 Å². The zero-order valence-electron chi connectivity index (χ0n) is 19.6. The lowest BCUT2D eigenvalue weighted by molar-refractivity contribution is -0.139. The average Bonchev–Trinajstić information content (AvgIpc) is 2.70. The summed E-state index contributed by atoms with van der Waals surface area (Å²) in [5.41, 5.74) is 3.27. The minimum absolute atomic E-state index is 0.0829. The molecule has 0 aliphatic carbocycles. The van der Waals surface area contributed by atoms with Crippen molar-refractivity contribution in [1.82, 2.24) is 10.2 Å². The van der Waals surface area contributed by atoms with E-state index in [1.54, 1.807) is 31.2 Å². The third kappa shape index (κ3) is 6.82. The number of sulfonamides is 1. The molecule has 0 aromatic heterocycles. The summed E-state index contributed by atoms with van der Waals surface area (Å²) in [5.74, 6) is -0.742. The van der Waals surface area contributed by atoms with Crippen LogP contribution in [-0.4, -0.2) is 50.0 Å². The van der Waals surface area contributed by atoms with E-state index in [-0.39, 0.29) is 18.5 Å². The Morgan fingerprint density at radius 3 is 2.09 bits per heavy atom. The van der Waals surface area contributed by atoms with Gasteiger partial charge >= 0.3 is 0 Å². The van der Waals surface area contributed by atoms with E-state index < -0.39 is 28.5 Å². The second-order valence-corrected chi connectivity index (χ2v) is 10.3. The maximum atomic E-state index is 13.4. The number of benzene rings is 2. The molecule has 0 aliphatic rings. The van der Waals surface area contributed by atoms with Crippen LogP contribution in [0, 0.1) is 13.8 Å². The van der Waals surface area contributed by atoms with Gasteiger partial charge in [-0.25, -0.2) is 8.42 Å². The third-order valence-electron chi connectivity index (χ3n) is 5.20. The molecule has 2 aromatic carbocycles.